The number of aliphatic carboxylic acids is 1. The summed E-state index contributed by atoms with van der Waals surface area (Å²) in [6, 6.07) is 15.6. The standard InChI is InChI=1S/C23H18F3N3O5S/c24-23(25,26)12-29(10-19(30)31)20(32)18-9-27-21(35-18)28-22(33)34-11-17-15-7-3-1-5-13(15)14-6-2-4-8-16(14)17/h1-9,17H,10-12H2,(H,30,31)(H,27,28,33). The van der Waals surface area contributed by atoms with Gasteiger partial charge in [-0.2, -0.15) is 13.2 Å². The van der Waals surface area contributed by atoms with Crippen molar-refractivity contribution in [3.8, 4) is 11.1 Å². The summed E-state index contributed by atoms with van der Waals surface area (Å²) in [5.74, 6) is -2.93. The van der Waals surface area contributed by atoms with Crippen LogP contribution < -0.4 is 5.32 Å². The number of alkyl halides is 3. The highest BCUT2D eigenvalue weighted by molar-refractivity contribution is 7.17. The number of carbonyl (C=O) groups excluding carboxylic acids is 2. The highest BCUT2D eigenvalue weighted by Crippen LogP contribution is 2.44. The van der Waals surface area contributed by atoms with E-state index in [2.05, 4.69) is 10.3 Å². The summed E-state index contributed by atoms with van der Waals surface area (Å²) >= 11 is 0.611. The Balaban J connectivity index is 1.40. The van der Waals surface area contributed by atoms with E-state index in [1.165, 1.54) is 0 Å². The molecule has 2 N–H and O–H groups in total. The van der Waals surface area contributed by atoms with Crippen LogP contribution in [0, 0.1) is 0 Å². The number of carboxylic acid groups (broad SMARTS) is 1. The van der Waals surface area contributed by atoms with Gasteiger partial charge in [0.25, 0.3) is 5.91 Å². The molecular weight excluding hydrogens is 487 g/mol. The van der Waals surface area contributed by atoms with E-state index in [0.717, 1.165) is 28.5 Å². The van der Waals surface area contributed by atoms with Crippen LogP contribution >= 0.6 is 11.3 Å². The fourth-order valence-corrected chi connectivity index (χ4v) is 4.66. The average molecular weight is 505 g/mol. The summed E-state index contributed by atoms with van der Waals surface area (Å²) in [7, 11) is 0. The van der Waals surface area contributed by atoms with Crippen molar-refractivity contribution in [3.63, 3.8) is 0 Å². The van der Waals surface area contributed by atoms with E-state index in [0.29, 0.717) is 11.3 Å². The van der Waals surface area contributed by atoms with E-state index in [9.17, 15) is 27.6 Å². The molecule has 0 fully saturated rings. The fourth-order valence-electron chi connectivity index (χ4n) is 3.89. The molecule has 35 heavy (non-hydrogen) atoms. The van der Waals surface area contributed by atoms with Crippen LogP contribution in [0.4, 0.5) is 23.1 Å². The van der Waals surface area contributed by atoms with Crippen LogP contribution in [0.5, 0.6) is 0 Å². The number of amides is 2. The Bertz CT molecular complexity index is 1230. The largest absolute Gasteiger partial charge is 0.480 e. The van der Waals surface area contributed by atoms with Gasteiger partial charge >= 0.3 is 18.2 Å². The Kier molecular flexibility index (Phi) is 6.74. The van der Waals surface area contributed by atoms with Crippen molar-refractivity contribution >= 4 is 34.4 Å². The van der Waals surface area contributed by atoms with Crippen LogP contribution in [0.3, 0.4) is 0 Å². The maximum absolute atomic E-state index is 12.7. The number of nitrogens with zero attached hydrogens (tertiary/aromatic N) is 2. The maximum Gasteiger partial charge on any atom is 0.413 e. The number of hydrogen-bond acceptors (Lipinski definition) is 6. The molecule has 0 atom stereocenters. The number of halogens is 3. The van der Waals surface area contributed by atoms with E-state index >= 15 is 0 Å². The molecular formula is C23H18F3N3O5S. The molecule has 0 unspecified atom stereocenters. The summed E-state index contributed by atoms with van der Waals surface area (Å²) in [4.78, 5) is 39.3. The predicted octanol–water partition coefficient (Wildman–Crippen LogP) is 4.59. The summed E-state index contributed by atoms with van der Waals surface area (Å²) in [5.41, 5.74) is 4.16. The van der Waals surface area contributed by atoms with Crippen molar-refractivity contribution in [2.24, 2.45) is 0 Å². The Labute approximate surface area is 201 Å². The number of ether oxygens (including phenoxy) is 1. The number of nitrogens with one attached hydrogen (secondary N) is 1. The first-order valence-corrected chi connectivity index (χ1v) is 11.1. The Morgan fingerprint density at radius 3 is 2.23 bits per heavy atom. The minimum Gasteiger partial charge on any atom is -0.480 e. The van der Waals surface area contributed by atoms with Crippen molar-refractivity contribution in [2.75, 3.05) is 25.0 Å². The molecule has 3 aromatic rings. The molecule has 0 aliphatic heterocycles. The number of thiazole rings is 1. The first kappa shape index (κ1) is 24.2. The number of carboxylic acids is 1. The summed E-state index contributed by atoms with van der Waals surface area (Å²) in [6.07, 6.45) is -4.66. The van der Waals surface area contributed by atoms with E-state index in [1.54, 1.807) is 0 Å². The first-order valence-electron chi connectivity index (χ1n) is 10.3. The second kappa shape index (κ2) is 9.74. The van der Waals surface area contributed by atoms with E-state index in [-0.39, 0.29) is 27.4 Å². The van der Waals surface area contributed by atoms with Gasteiger partial charge in [-0.3, -0.25) is 14.9 Å². The van der Waals surface area contributed by atoms with Gasteiger partial charge in [-0.15, -0.1) is 0 Å². The van der Waals surface area contributed by atoms with Crippen molar-refractivity contribution < 1.29 is 37.4 Å². The van der Waals surface area contributed by atoms with Crippen LogP contribution in [-0.2, 0) is 9.53 Å². The molecule has 0 radical (unpaired) electrons. The third kappa shape index (κ3) is 5.60. The molecule has 182 valence electrons. The zero-order valence-electron chi connectivity index (χ0n) is 17.9. The smallest absolute Gasteiger partial charge is 0.413 e. The lowest BCUT2D eigenvalue weighted by Gasteiger charge is -2.21. The van der Waals surface area contributed by atoms with Crippen LogP contribution in [0.2, 0.25) is 0 Å². The van der Waals surface area contributed by atoms with Crippen molar-refractivity contribution in [1.29, 1.82) is 0 Å². The monoisotopic (exact) mass is 505 g/mol. The Hall–Kier alpha value is -3.93. The van der Waals surface area contributed by atoms with Crippen LogP contribution in [0.1, 0.15) is 26.7 Å². The van der Waals surface area contributed by atoms with Gasteiger partial charge in [-0.25, -0.2) is 9.78 Å². The molecule has 2 aromatic carbocycles. The quantitative estimate of drug-likeness (QED) is 0.486. The zero-order chi connectivity index (χ0) is 25.2. The van der Waals surface area contributed by atoms with Gasteiger partial charge in [0.05, 0.1) is 6.20 Å². The van der Waals surface area contributed by atoms with E-state index in [4.69, 9.17) is 9.84 Å². The van der Waals surface area contributed by atoms with Crippen molar-refractivity contribution in [1.82, 2.24) is 9.88 Å². The van der Waals surface area contributed by atoms with Crippen LogP contribution in [-0.4, -0.2) is 58.8 Å². The normalized spacial score (nSPS) is 12.5. The third-order valence-electron chi connectivity index (χ3n) is 5.25. The maximum atomic E-state index is 12.7. The number of rotatable bonds is 7. The lowest BCUT2D eigenvalue weighted by atomic mass is 9.98. The first-order chi connectivity index (χ1) is 16.6. The molecule has 0 saturated carbocycles. The van der Waals surface area contributed by atoms with Gasteiger partial charge in [0.1, 0.15) is 24.6 Å². The van der Waals surface area contributed by atoms with E-state index < -0.39 is 37.2 Å². The number of hydrogen-bond donors (Lipinski definition) is 2. The minimum atomic E-state index is -4.78. The molecule has 0 bridgehead atoms. The number of anilines is 1. The SMILES string of the molecule is O=C(O)CN(CC(F)(F)F)C(=O)c1cnc(NC(=O)OCC2c3ccccc3-c3ccccc32)s1. The van der Waals surface area contributed by atoms with Crippen LogP contribution in [0.15, 0.2) is 54.7 Å². The molecule has 1 aliphatic rings. The molecule has 4 rings (SSSR count). The van der Waals surface area contributed by atoms with Crippen molar-refractivity contribution in [3.05, 3.63) is 70.7 Å². The summed E-state index contributed by atoms with van der Waals surface area (Å²) in [6.45, 7) is -2.83. The van der Waals surface area contributed by atoms with Gasteiger partial charge in [0.2, 0.25) is 0 Å². The van der Waals surface area contributed by atoms with E-state index in [1.807, 2.05) is 48.5 Å². The number of aromatic nitrogens is 1. The van der Waals surface area contributed by atoms with Crippen LogP contribution in [0.25, 0.3) is 11.1 Å². The molecule has 12 heteroatoms. The highest BCUT2D eigenvalue weighted by atomic mass is 32.1. The summed E-state index contributed by atoms with van der Waals surface area (Å²) in [5, 5.41) is 11.1. The molecule has 1 heterocycles. The third-order valence-corrected chi connectivity index (χ3v) is 6.15. The molecule has 1 aromatic heterocycles. The lowest BCUT2D eigenvalue weighted by molar-refractivity contribution is -0.149. The van der Waals surface area contributed by atoms with Gasteiger partial charge in [-0.05, 0) is 22.3 Å². The number of fused-ring (bicyclic) bond motifs is 3. The molecule has 0 spiro atoms. The van der Waals surface area contributed by atoms with Gasteiger partial charge in [-0.1, -0.05) is 59.9 Å². The second-order valence-corrected chi connectivity index (χ2v) is 8.68. The van der Waals surface area contributed by atoms with Gasteiger partial charge in [0.15, 0.2) is 5.13 Å². The molecule has 1 aliphatic carbocycles. The molecule has 2 amide bonds. The van der Waals surface area contributed by atoms with Gasteiger partial charge < -0.3 is 14.7 Å². The average Bonchev–Trinajstić information content (AvgIpc) is 3.38. The molecule has 8 nitrogen and oxygen atoms in total. The van der Waals surface area contributed by atoms with Gasteiger partial charge in [0, 0.05) is 5.92 Å². The van der Waals surface area contributed by atoms with Crippen molar-refractivity contribution in [2.45, 2.75) is 12.1 Å². The Morgan fingerprint density at radius 1 is 1.06 bits per heavy atom. The number of carbonyl (C=O) groups is 3. The zero-order valence-corrected chi connectivity index (χ0v) is 18.7. The fraction of sp³-hybridized carbons (Fsp3) is 0.217. The lowest BCUT2D eigenvalue weighted by Crippen LogP contribution is -2.41. The molecule has 0 saturated heterocycles. The predicted molar refractivity (Wildman–Crippen MR) is 120 cm³/mol. The highest BCUT2D eigenvalue weighted by Gasteiger charge is 2.35. The summed E-state index contributed by atoms with van der Waals surface area (Å²) < 4.78 is 43.6. The minimum absolute atomic E-state index is 0.0367. The second-order valence-electron chi connectivity index (χ2n) is 7.65. The topological polar surface area (TPSA) is 109 Å². The Morgan fingerprint density at radius 2 is 1.66 bits per heavy atom. The number of benzene rings is 2.